The van der Waals surface area contributed by atoms with E-state index in [1.165, 1.54) is 6.07 Å². The summed E-state index contributed by atoms with van der Waals surface area (Å²) >= 11 is 7.70. The van der Waals surface area contributed by atoms with E-state index in [0.29, 0.717) is 34.3 Å². The highest BCUT2D eigenvalue weighted by Crippen LogP contribution is 2.45. The van der Waals surface area contributed by atoms with Gasteiger partial charge in [0.15, 0.2) is 0 Å². The molecule has 3 aliphatic rings. The molecule has 1 aliphatic heterocycles. The molecular formula is C18H17ClFNO5S. The molecule has 9 heteroatoms. The van der Waals surface area contributed by atoms with Crippen LogP contribution in [-0.2, 0) is 9.59 Å². The van der Waals surface area contributed by atoms with Crippen LogP contribution >= 0.6 is 23.4 Å². The molecule has 1 fully saturated rings. The van der Waals surface area contributed by atoms with E-state index in [4.69, 9.17) is 26.6 Å². The van der Waals surface area contributed by atoms with Gasteiger partial charge in [-0.15, -0.1) is 11.8 Å². The van der Waals surface area contributed by atoms with Gasteiger partial charge in [0, 0.05) is 21.3 Å². The smallest absolute Gasteiger partial charge is 0.450 e. The van der Waals surface area contributed by atoms with E-state index in [0.717, 1.165) is 35.5 Å². The minimum absolute atomic E-state index is 0.0296. The van der Waals surface area contributed by atoms with E-state index in [9.17, 15) is 14.0 Å². The first-order valence-electron chi connectivity index (χ1n) is 8.48. The predicted molar refractivity (Wildman–Crippen MR) is 98.9 cm³/mol. The van der Waals surface area contributed by atoms with Crippen LogP contribution in [0.2, 0.25) is 5.02 Å². The van der Waals surface area contributed by atoms with Crippen LogP contribution in [0, 0.1) is 5.82 Å². The highest BCUT2D eigenvalue weighted by Gasteiger charge is 2.41. The molecule has 2 N–H and O–H groups in total. The Morgan fingerprint density at radius 1 is 1.11 bits per heavy atom. The van der Waals surface area contributed by atoms with Gasteiger partial charge < -0.3 is 10.2 Å². The summed E-state index contributed by atoms with van der Waals surface area (Å²) in [5.74, 6) is -1.36. The second-order valence-corrected chi connectivity index (χ2v) is 8.19. The number of hydrogen-bond donors (Lipinski definition) is 2. The van der Waals surface area contributed by atoms with Gasteiger partial charge in [-0.1, -0.05) is 11.6 Å². The lowest BCUT2D eigenvalue weighted by molar-refractivity contribution is -0.120. The summed E-state index contributed by atoms with van der Waals surface area (Å²) in [5, 5.41) is 14.8. The number of imide groups is 1. The molecule has 0 radical (unpaired) electrons. The fraction of sp³-hybridized carbons (Fsp3) is 0.389. The zero-order valence-corrected chi connectivity index (χ0v) is 15.8. The van der Waals surface area contributed by atoms with Crippen LogP contribution in [0.25, 0.3) is 0 Å². The monoisotopic (exact) mass is 413 g/mol. The van der Waals surface area contributed by atoms with Gasteiger partial charge in [-0.25, -0.2) is 14.1 Å². The maximum atomic E-state index is 14.4. The van der Waals surface area contributed by atoms with Crippen molar-refractivity contribution in [3.63, 3.8) is 0 Å². The Hall–Kier alpha value is -2.06. The number of amides is 2. The summed E-state index contributed by atoms with van der Waals surface area (Å²) in [4.78, 5) is 35.4. The van der Waals surface area contributed by atoms with Crippen molar-refractivity contribution >= 4 is 47.0 Å². The van der Waals surface area contributed by atoms with E-state index < -0.39 is 12.0 Å². The van der Waals surface area contributed by atoms with Crippen molar-refractivity contribution in [2.24, 2.45) is 0 Å². The molecule has 0 spiro atoms. The first kappa shape index (κ1) is 19.7. The zero-order chi connectivity index (χ0) is 19.7. The summed E-state index contributed by atoms with van der Waals surface area (Å²) in [6.07, 6.45) is 3.41. The fourth-order valence-corrected chi connectivity index (χ4v) is 4.47. The number of carbonyl (C=O) groups excluding carboxylic acids is 2. The van der Waals surface area contributed by atoms with Crippen LogP contribution < -0.4 is 4.90 Å². The summed E-state index contributed by atoms with van der Waals surface area (Å²) in [7, 11) is 0. The molecule has 2 aliphatic carbocycles. The maximum absolute atomic E-state index is 14.4. The van der Waals surface area contributed by atoms with Crippen molar-refractivity contribution in [1.29, 1.82) is 0 Å². The van der Waals surface area contributed by atoms with Gasteiger partial charge in [0.1, 0.15) is 5.82 Å². The van der Waals surface area contributed by atoms with Crippen LogP contribution in [-0.4, -0.2) is 33.4 Å². The lowest BCUT2D eigenvalue weighted by Gasteiger charge is -2.17. The Kier molecular flexibility index (Phi) is 5.76. The molecule has 0 unspecified atom stereocenters. The molecule has 27 heavy (non-hydrogen) atoms. The molecule has 1 aromatic carbocycles. The first-order valence-corrected chi connectivity index (χ1v) is 9.73. The number of rotatable bonds is 3. The fourth-order valence-electron chi connectivity index (χ4n) is 3.10. The molecular weight excluding hydrogens is 397 g/mol. The van der Waals surface area contributed by atoms with Crippen LogP contribution in [0.15, 0.2) is 28.2 Å². The second kappa shape index (κ2) is 7.90. The third kappa shape index (κ3) is 4.27. The minimum Gasteiger partial charge on any atom is -0.450 e. The highest BCUT2D eigenvalue weighted by molar-refractivity contribution is 8.00. The lowest BCUT2D eigenvalue weighted by atomic mass is 9.93. The molecule has 2 amide bonds. The summed E-state index contributed by atoms with van der Waals surface area (Å²) in [6, 6.07) is 2.76. The quantitative estimate of drug-likeness (QED) is 0.697. The zero-order valence-electron chi connectivity index (χ0n) is 14.2. The maximum Gasteiger partial charge on any atom is 0.503 e. The Morgan fingerprint density at radius 3 is 2.11 bits per heavy atom. The molecule has 1 aromatic rings. The third-order valence-corrected chi connectivity index (χ3v) is 6.27. The summed E-state index contributed by atoms with van der Waals surface area (Å²) in [6.45, 7) is 0. The number of benzene rings is 1. The molecule has 0 saturated heterocycles. The normalized spacial score (nSPS) is 19.0. The van der Waals surface area contributed by atoms with Crippen molar-refractivity contribution < 1.29 is 29.0 Å². The summed E-state index contributed by atoms with van der Waals surface area (Å²) < 4.78 is 14.4. The Labute approximate surface area is 164 Å². The van der Waals surface area contributed by atoms with Crippen LogP contribution in [0.4, 0.5) is 14.9 Å². The predicted octanol–water partition coefficient (Wildman–Crippen LogP) is 4.70. The number of hydrogen-bond acceptors (Lipinski definition) is 4. The van der Waals surface area contributed by atoms with E-state index in [2.05, 4.69) is 0 Å². The van der Waals surface area contributed by atoms with Crippen molar-refractivity contribution in [2.45, 2.75) is 48.7 Å². The van der Waals surface area contributed by atoms with Crippen LogP contribution in [0.5, 0.6) is 0 Å². The van der Waals surface area contributed by atoms with Gasteiger partial charge in [-0.3, -0.25) is 9.59 Å². The van der Waals surface area contributed by atoms with Gasteiger partial charge in [-0.05, 0) is 50.7 Å². The number of carboxylic acid groups (broad SMARTS) is 2. The third-order valence-electron chi connectivity index (χ3n) is 4.45. The Balaban J connectivity index is 0.000000481. The number of carbonyl (C=O) groups is 3. The van der Waals surface area contributed by atoms with Crippen molar-refractivity contribution in [1.82, 2.24) is 0 Å². The molecule has 1 saturated carbocycles. The van der Waals surface area contributed by atoms with Crippen molar-refractivity contribution in [2.75, 3.05) is 4.90 Å². The first-order chi connectivity index (χ1) is 12.8. The number of thioether (sulfide) groups is 1. The van der Waals surface area contributed by atoms with Gasteiger partial charge in [0.2, 0.25) is 0 Å². The van der Waals surface area contributed by atoms with Gasteiger partial charge in [-0.2, -0.15) is 0 Å². The number of anilines is 1. The second-order valence-electron chi connectivity index (χ2n) is 6.44. The lowest BCUT2D eigenvalue weighted by Crippen LogP contribution is -2.32. The van der Waals surface area contributed by atoms with Crippen LogP contribution in [0.3, 0.4) is 0 Å². The van der Waals surface area contributed by atoms with Crippen molar-refractivity contribution in [3.05, 3.63) is 34.1 Å². The molecule has 0 atom stereocenters. The Morgan fingerprint density at radius 2 is 1.63 bits per heavy atom. The topological polar surface area (TPSA) is 94.9 Å². The largest absolute Gasteiger partial charge is 0.503 e. The van der Waals surface area contributed by atoms with E-state index in [-0.39, 0.29) is 17.5 Å². The van der Waals surface area contributed by atoms with Gasteiger partial charge >= 0.3 is 6.16 Å². The molecule has 4 rings (SSSR count). The number of halogens is 2. The molecule has 1 heterocycles. The highest BCUT2D eigenvalue weighted by atomic mass is 35.5. The average molecular weight is 414 g/mol. The molecule has 0 aromatic heterocycles. The van der Waals surface area contributed by atoms with E-state index in [1.54, 1.807) is 17.8 Å². The SMILES string of the molecule is O=C(O)O.O=C1C2=C(CCCC2)C(=O)N1c1cc(SC2CC2)c(Cl)cc1F. The van der Waals surface area contributed by atoms with Gasteiger partial charge in [0.05, 0.1) is 10.7 Å². The Bertz CT molecular complexity index is 820. The summed E-state index contributed by atoms with van der Waals surface area (Å²) in [5.41, 5.74) is 1.15. The molecule has 6 nitrogen and oxygen atoms in total. The number of nitrogens with zero attached hydrogens (tertiary/aromatic N) is 1. The van der Waals surface area contributed by atoms with E-state index in [1.807, 2.05) is 0 Å². The average Bonchev–Trinajstić information content (AvgIpc) is 3.38. The van der Waals surface area contributed by atoms with E-state index >= 15 is 0 Å². The molecule has 0 bridgehead atoms. The minimum atomic E-state index is -1.83. The van der Waals surface area contributed by atoms with Crippen molar-refractivity contribution in [3.8, 4) is 0 Å². The van der Waals surface area contributed by atoms with Gasteiger partial charge in [0.25, 0.3) is 11.8 Å². The standard InChI is InChI=1S/C17H15ClFNO2S.CH2O3/c18-12-7-13(19)14(8-15(12)23-9-5-6-9)20-16(21)10-3-1-2-4-11(10)17(20)22;2-1(3)4/h7-9H,1-6H2;(H2,2,3,4). The molecule has 144 valence electrons. The van der Waals surface area contributed by atoms with Crippen LogP contribution in [0.1, 0.15) is 38.5 Å².